The normalized spacial score (nSPS) is 14.7. The molecule has 0 amide bonds. The van der Waals surface area contributed by atoms with E-state index in [4.69, 9.17) is 7.85 Å². The Kier molecular flexibility index (Phi) is 5.64. The summed E-state index contributed by atoms with van der Waals surface area (Å²) in [6.07, 6.45) is 1.88. The van der Waals surface area contributed by atoms with Crippen LogP contribution in [0.3, 0.4) is 0 Å². The van der Waals surface area contributed by atoms with Gasteiger partial charge in [-0.05, 0) is 41.0 Å². The third-order valence-corrected chi connectivity index (χ3v) is 2.29. The molecule has 0 aliphatic heterocycles. The minimum atomic E-state index is 0.606. The average Bonchev–Trinajstić information content (AvgIpc) is 1.85. The molecule has 12 heavy (non-hydrogen) atoms. The summed E-state index contributed by atoms with van der Waals surface area (Å²) in [4.78, 5) is 2.51. The van der Waals surface area contributed by atoms with Gasteiger partial charge in [0.05, 0.1) is 7.85 Å². The summed E-state index contributed by atoms with van der Waals surface area (Å²) in [6, 6.07) is 1.84. The Morgan fingerprint density at radius 2 is 1.42 bits per heavy atom. The number of rotatable bonds is 5. The summed E-state index contributed by atoms with van der Waals surface area (Å²) in [6.45, 7) is 11.2. The molecule has 70 valence electrons. The Bertz CT molecular complexity index is 104. The topological polar surface area (TPSA) is 3.24 Å². The molecule has 0 rings (SSSR count). The SMILES string of the molecule is [B]CCC(C)N(C(C)C)C(C)C. The van der Waals surface area contributed by atoms with E-state index in [1.165, 1.54) is 0 Å². The zero-order valence-electron chi connectivity index (χ0n) is 9.17. The van der Waals surface area contributed by atoms with Crippen LogP contribution in [-0.4, -0.2) is 30.9 Å². The van der Waals surface area contributed by atoms with Gasteiger partial charge in [0.2, 0.25) is 0 Å². The van der Waals surface area contributed by atoms with Crippen molar-refractivity contribution in [1.82, 2.24) is 4.90 Å². The molecule has 0 heterocycles. The maximum atomic E-state index is 5.54. The highest BCUT2D eigenvalue weighted by Gasteiger charge is 2.18. The van der Waals surface area contributed by atoms with Crippen molar-refractivity contribution in [2.75, 3.05) is 0 Å². The molecule has 1 atom stereocenters. The van der Waals surface area contributed by atoms with Crippen LogP contribution in [0.1, 0.15) is 41.0 Å². The van der Waals surface area contributed by atoms with E-state index in [-0.39, 0.29) is 0 Å². The van der Waals surface area contributed by atoms with Crippen LogP contribution in [0.15, 0.2) is 0 Å². The molecule has 0 spiro atoms. The Labute approximate surface area is 78.9 Å². The fourth-order valence-corrected chi connectivity index (χ4v) is 2.00. The highest BCUT2D eigenvalue weighted by molar-refractivity contribution is 6.08. The molecule has 1 nitrogen and oxygen atoms in total. The van der Waals surface area contributed by atoms with Crippen LogP contribution in [-0.2, 0) is 0 Å². The standard InChI is InChI=1S/C10H22BN/c1-8(2)12(9(3)4)10(5)6-7-11/h8-10H,6-7H2,1-5H3. The average molecular weight is 167 g/mol. The molecule has 0 aromatic heterocycles. The number of hydrogen-bond acceptors (Lipinski definition) is 1. The van der Waals surface area contributed by atoms with Crippen LogP contribution in [0, 0.1) is 0 Å². The van der Waals surface area contributed by atoms with Gasteiger partial charge in [0, 0.05) is 18.1 Å². The Balaban J connectivity index is 4.09. The van der Waals surface area contributed by atoms with E-state index in [1.807, 2.05) is 0 Å². The molecule has 0 aromatic rings. The summed E-state index contributed by atoms with van der Waals surface area (Å²) < 4.78 is 0. The molecule has 0 aliphatic carbocycles. The first-order chi connectivity index (χ1) is 5.50. The highest BCUT2D eigenvalue weighted by atomic mass is 15.2. The van der Waals surface area contributed by atoms with Crippen molar-refractivity contribution in [2.45, 2.75) is 65.5 Å². The third-order valence-electron chi connectivity index (χ3n) is 2.29. The van der Waals surface area contributed by atoms with Crippen molar-refractivity contribution in [3.63, 3.8) is 0 Å². The van der Waals surface area contributed by atoms with E-state index in [2.05, 4.69) is 39.5 Å². The molecule has 0 aliphatic rings. The Morgan fingerprint density at radius 1 is 1.00 bits per heavy atom. The van der Waals surface area contributed by atoms with E-state index in [0.29, 0.717) is 18.1 Å². The van der Waals surface area contributed by atoms with Crippen molar-refractivity contribution in [1.29, 1.82) is 0 Å². The van der Waals surface area contributed by atoms with Crippen LogP contribution in [0.4, 0.5) is 0 Å². The zero-order valence-corrected chi connectivity index (χ0v) is 9.17. The van der Waals surface area contributed by atoms with E-state index in [9.17, 15) is 0 Å². The van der Waals surface area contributed by atoms with Crippen LogP contribution >= 0.6 is 0 Å². The Morgan fingerprint density at radius 3 is 1.67 bits per heavy atom. The minimum absolute atomic E-state index is 0.606. The first-order valence-corrected chi connectivity index (χ1v) is 4.98. The van der Waals surface area contributed by atoms with Crippen LogP contribution in [0.5, 0.6) is 0 Å². The minimum Gasteiger partial charge on any atom is -0.296 e. The van der Waals surface area contributed by atoms with Gasteiger partial charge in [-0.1, -0.05) is 6.32 Å². The second-order valence-electron chi connectivity index (χ2n) is 4.06. The second kappa shape index (κ2) is 5.63. The van der Waals surface area contributed by atoms with Gasteiger partial charge in [0.15, 0.2) is 0 Å². The van der Waals surface area contributed by atoms with Crippen molar-refractivity contribution in [3.05, 3.63) is 0 Å². The van der Waals surface area contributed by atoms with Gasteiger partial charge in [0.25, 0.3) is 0 Å². The maximum Gasteiger partial charge on any atom is 0.0653 e. The molecule has 2 radical (unpaired) electrons. The van der Waals surface area contributed by atoms with E-state index in [1.54, 1.807) is 0 Å². The smallest absolute Gasteiger partial charge is 0.0653 e. The van der Waals surface area contributed by atoms with Gasteiger partial charge in [-0.3, -0.25) is 4.90 Å². The highest BCUT2D eigenvalue weighted by Crippen LogP contribution is 2.13. The monoisotopic (exact) mass is 167 g/mol. The van der Waals surface area contributed by atoms with Crippen molar-refractivity contribution >= 4 is 7.85 Å². The van der Waals surface area contributed by atoms with E-state index >= 15 is 0 Å². The van der Waals surface area contributed by atoms with Gasteiger partial charge in [-0.25, -0.2) is 0 Å². The fourth-order valence-electron chi connectivity index (χ4n) is 2.00. The lowest BCUT2D eigenvalue weighted by molar-refractivity contribution is 0.120. The van der Waals surface area contributed by atoms with E-state index < -0.39 is 0 Å². The predicted molar refractivity (Wildman–Crippen MR) is 56.8 cm³/mol. The van der Waals surface area contributed by atoms with Gasteiger partial charge < -0.3 is 0 Å². The first kappa shape index (κ1) is 12.0. The van der Waals surface area contributed by atoms with Gasteiger partial charge in [0.1, 0.15) is 0 Å². The molecule has 1 unspecified atom stereocenters. The first-order valence-electron chi connectivity index (χ1n) is 4.98. The predicted octanol–water partition coefficient (Wildman–Crippen LogP) is 2.47. The van der Waals surface area contributed by atoms with Crippen LogP contribution in [0.2, 0.25) is 6.32 Å². The van der Waals surface area contributed by atoms with Crippen molar-refractivity contribution in [2.24, 2.45) is 0 Å². The molecular weight excluding hydrogens is 145 g/mol. The number of nitrogens with zero attached hydrogens (tertiary/aromatic N) is 1. The molecule has 0 saturated carbocycles. The largest absolute Gasteiger partial charge is 0.296 e. The molecule has 0 fully saturated rings. The van der Waals surface area contributed by atoms with Crippen LogP contribution < -0.4 is 0 Å². The molecule has 0 aromatic carbocycles. The van der Waals surface area contributed by atoms with Gasteiger partial charge in [-0.15, -0.1) is 0 Å². The summed E-state index contributed by atoms with van der Waals surface area (Å²) >= 11 is 0. The lowest BCUT2D eigenvalue weighted by atomic mass is 9.96. The summed E-state index contributed by atoms with van der Waals surface area (Å²) in [5.74, 6) is 0. The molecule has 0 N–H and O–H groups in total. The molecule has 2 heteroatoms. The van der Waals surface area contributed by atoms with E-state index in [0.717, 1.165) is 12.7 Å². The van der Waals surface area contributed by atoms with Gasteiger partial charge in [-0.2, -0.15) is 0 Å². The maximum absolute atomic E-state index is 5.54. The van der Waals surface area contributed by atoms with Crippen molar-refractivity contribution in [3.8, 4) is 0 Å². The summed E-state index contributed by atoms with van der Waals surface area (Å²) in [5, 5.41) is 0. The lowest BCUT2D eigenvalue weighted by Crippen LogP contribution is -2.43. The lowest BCUT2D eigenvalue weighted by Gasteiger charge is -2.36. The quantitative estimate of drug-likeness (QED) is 0.568. The zero-order chi connectivity index (χ0) is 9.72. The molecule has 0 bridgehead atoms. The number of hydrogen-bond donors (Lipinski definition) is 0. The Hall–Kier alpha value is 0.0249. The molecular formula is C10H22BN. The fraction of sp³-hybridized carbons (Fsp3) is 1.00. The third kappa shape index (κ3) is 3.62. The second-order valence-corrected chi connectivity index (χ2v) is 4.06. The van der Waals surface area contributed by atoms with Crippen molar-refractivity contribution < 1.29 is 0 Å². The summed E-state index contributed by atoms with van der Waals surface area (Å²) in [5.41, 5.74) is 0. The summed E-state index contributed by atoms with van der Waals surface area (Å²) in [7, 11) is 5.54. The molecule has 0 saturated heterocycles. The van der Waals surface area contributed by atoms with Crippen LogP contribution in [0.25, 0.3) is 0 Å². The van der Waals surface area contributed by atoms with Gasteiger partial charge >= 0.3 is 0 Å².